The van der Waals surface area contributed by atoms with E-state index in [1.807, 2.05) is 13.8 Å². The quantitative estimate of drug-likeness (QED) is 0.337. The maximum Gasteiger partial charge on any atom is 0.338 e. The van der Waals surface area contributed by atoms with E-state index in [9.17, 15) is 34.2 Å². The lowest BCUT2D eigenvalue weighted by atomic mass is 9.55. The molecule has 11 heteroatoms. The average Bonchev–Trinajstić information content (AvgIpc) is 3.40. The van der Waals surface area contributed by atoms with Crippen LogP contribution < -0.4 is 0 Å². The zero-order valence-electron chi connectivity index (χ0n) is 26.9. The Labute approximate surface area is 262 Å². The lowest BCUT2D eigenvalue weighted by molar-refractivity contribution is -0.220. The molecule has 2 N–H and O–H groups in total. The van der Waals surface area contributed by atoms with Crippen LogP contribution in [0.1, 0.15) is 78.1 Å². The van der Waals surface area contributed by atoms with Crippen molar-refractivity contribution >= 4 is 29.7 Å². The van der Waals surface area contributed by atoms with E-state index in [2.05, 4.69) is 0 Å². The second-order valence-electron chi connectivity index (χ2n) is 14.2. The Kier molecular flexibility index (Phi) is 8.22. The molecule has 4 fully saturated rings. The Morgan fingerprint density at radius 3 is 2.20 bits per heavy atom. The van der Waals surface area contributed by atoms with Gasteiger partial charge in [0, 0.05) is 32.6 Å². The minimum absolute atomic E-state index is 0.00157. The van der Waals surface area contributed by atoms with Gasteiger partial charge >= 0.3 is 23.9 Å². The van der Waals surface area contributed by atoms with Gasteiger partial charge in [-0.3, -0.25) is 19.2 Å². The molecule has 45 heavy (non-hydrogen) atoms. The molecule has 0 bridgehead atoms. The molecule has 11 atom stereocenters. The van der Waals surface area contributed by atoms with Crippen molar-refractivity contribution in [3.05, 3.63) is 35.9 Å². The van der Waals surface area contributed by atoms with Crippen molar-refractivity contribution in [1.29, 1.82) is 0 Å². The van der Waals surface area contributed by atoms with Crippen LogP contribution in [-0.4, -0.2) is 76.0 Å². The summed E-state index contributed by atoms with van der Waals surface area (Å²) in [7, 11) is 0. The standard InChI is InChI=1S/C34H44O11/c1-8-23(38)43-26-17(2)15-34(45-19(4)36)25(26)28(44-29(39)20-12-10-9-11-13-20)33(16-42-18(3)35)22(37)14-21-24(31(21,5)6)27(33)32(7,41)30(34)40/h9-13,17,21-22,24-28,37,41H,8,14-16H2,1-7H3/t17-,21-,22+,24-,25+,26-,27-,28+,32-,33+,34+/m0/s1. The molecule has 1 aromatic rings. The molecule has 246 valence electrons. The van der Waals surface area contributed by atoms with Gasteiger partial charge in [-0.2, -0.15) is 0 Å². The first-order chi connectivity index (χ1) is 21.0. The van der Waals surface area contributed by atoms with Crippen LogP contribution in [0.3, 0.4) is 0 Å². The normalized spacial score (nSPS) is 41.0. The van der Waals surface area contributed by atoms with Crippen LogP contribution in [0.25, 0.3) is 0 Å². The van der Waals surface area contributed by atoms with Crippen molar-refractivity contribution in [2.24, 2.45) is 40.4 Å². The molecule has 0 spiro atoms. The van der Waals surface area contributed by atoms with Crippen molar-refractivity contribution in [2.45, 2.75) is 97.2 Å². The predicted octanol–water partition coefficient (Wildman–Crippen LogP) is 3.03. The van der Waals surface area contributed by atoms with Crippen LogP contribution in [0.15, 0.2) is 30.3 Å². The van der Waals surface area contributed by atoms with E-state index in [1.165, 1.54) is 13.8 Å². The summed E-state index contributed by atoms with van der Waals surface area (Å²) in [5, 5.41) is 24.8. The SMILES string of the molecule is CCC(=O)O[C@@H]1[C@@H]2[C@@H](OC(=O)c3ccccc3)[C@]3(COC(C)=O)[C@H](O)C[C@H]4[C@@H]([C@H]3[C@](C)(O)C(=O)[C@@]2(OC(C)=O)C[C@@H]1C)C4(C)C. The second kappa shape index (κ2) is 11.2. The third-order valence-electron chi connectivity index (χ3n) is 11.2. The molecule has 4 aliphatic rings. The molecule has 0 saturated heterocycles. The first-order valence-corrected chi connectivity index (χ1v) is 15.7. The van der Waals surface area contributed by atoms with E-state index >= 15 is 0 Å². The average molecular weight is 629 g/mol. The monoisotopic (exact) mass is 628 g/mol. The number of fused-ring (bicyclic) bond motifs is 4. The van der Waals surface area contributed by atoms with Gasteiger partial charge in [0.2, 0.25) is 5.78 Å². The minimum Gasteiger partial charge on any atom is -0.465 e. The number of rotatable bonds is 7. The summed E-state index contributed by atoms with van der Waals surface area (Å²) in [4.78, 5) is 67.0. The number of aliphatic hydroxyl groups is 2. The number of Topliss-reactive ketones (excluding diaryl/α,β-unsaturated/α-hetero) is 1. The number of carbonyl (C=O) groups is 5. The molecule has 0 radical (unpaired) electrons. The highest BCUT2D eigenvalue weighted by molar-refractivity contribution is 5.98. The third kappa shape index (κ3) is 4.97. The van der Waals surface area contributed by atoms with Crippen molar-refractivity contribution in [3.8, 4) is 0 Å². The highest BCUT2D eigenvalue weighted by atomic mass is 16.6. The van der Waals surface area contributed by atoms with Crippen molar-refractivity contribution in [2.75, 3.05) is 6.61 Å². The number of hydrogen-bond donors (Lipinski definition) is 2. The Balaban J connectivity index is 1.85. The molecule has 0 amide bonds. The number of hydrogen-bond acceptors (Lipinski definition) is 11. The van der Waals surface area contributed by atoms with E-state index < -0.39 is 94.4 Å². The largest absolute Gasteiger partial charge is 0.465 e. The Bertz CT molecular complexity index is 1390. The lowest BCUT2D eigenvalue weighted by Gasteiger charge is -2.53. The molecule has 0 unspecified atom stereocenters. The Morgan fingerprint density at radius 1 is 0.978 bits per heavy atom. The summed E-state index contributed by atoms with van der Waals surface area (Å²) in [6.45, 7) is 10.4. The van der Waals surface area contributed by atoms with E-state index in [0.717, 1.165) is 6.92 Å². The van der Waals surface area contributed by atoms with Gasteiger partial charge in [0.1, 0.15) is 24.4 Å². The summed E-state index contributed by atoms with van der Waals surface area (Å²) in [5.74, 6) is -7.28. The van der Waals surface area contributed by atoms with Crippen LogP contribution in [0.5, 0.6) is 0 Å². The van der Waals surface area contributed by atoms with Crippen molar-refractivity contribution in [3.63, 3.8) is 0 Å². The van der Waals surface area contributed by atoms with Crippen molar-refractivity contribution in [1.82, 2.24) is 0 Å². The highest BCUT2D eigenvalue weighted by Gasteiger charge is 2.83. The summed E-state index contributed by atoms with van der Waals surface area (Å²) in [6, 6.07) is 8.10. The number of ether oxygens (including phenoxy) is 4. The maximum absolute atomic E-state index is 15.0. The van der Waals surface area contributed by atoms with Gasteiger partial charge in [-0.1, -0.05) is 45.9 Å². The summed E-state index contributed by atoms with van der Waals surface area (Å²) >= 11 is 0. The topological polar surface area (TPSA) is 163 Å². The van der Waals surface area contributed by atoms with E-state index in [4.69, 9.17) is 18.9 Å². The summed E-state index contributed by atoms with van der Waals surface area (Å²) < 4.78 is 23.9. The van der Waals surface area contributed by atoms with Gasteiger partial charge in [0.15, 0.2) is 5.60 Å². The molecule has 0 aliphatic heterocycles. The van der Waals surface area contributed by atoms with Gasteiger partial charge in [0.25, 0.3) is 0 Å². The van der Waals surface area contributed by atoms with Crippen molar-refractivity contribution < 1.29 is 53.1 Å². The zero-order chi connectivity index (χ0) is 33.3. The molecule has 1 aromatic carbocycles. The first kappa shape index (κ1) is 33.1. The number of esters is 4. The van der Waals surface area contributed by atoms with E-state index in [0.29, 0.717) is 0 Å². The number of benzene rings is 1. The van der Waals surface area contributed by atoms with Crippen LogP contribution in [0.2, 0.25) is 0 Å². The van der Waals surface area contributed by atoms with Crippen LogP contribution in [0, 0.1) is 40.4 Å². The van der Waals surface area contributed by atoms with Gasteiger partial charge < -0.3 is 29.2 Å². The van der Waals surface area contributed by atoms with E-state index in [-0.39, 0.29) is 36.7 Å². The molecule has 11 nitrogen and oxygen atoms in total. The number of carbonyl (C=O) groups excluding carboxylic acids is 5. The Hall–Kier alpha value is -3.31. The fourth-order valence-corrected chi connectivity index (χ4v) is 9.33. The fraction of sp³-hybridized carbons (Fsp3) is 0.676. The minimum atomic E-state index is -2.26. The molecule has 5 rings (SSSR count). The third-order valence-corrected chi connectivity index (χ3v) is 11.2. The lowest BCUT2D eigenvalue weighted by Crippen LogP contribution is -2.65. The second-order valence-corrected chi connectivity index (χ2v) is 14.2. The van der Waals surface area contributed by atoms with Gasteiger partial charge in [-0.25, -0.2) is 4.79 Å². The first-order valence-electron chi connectivity index (χ1n) is 15.7. The molecular formula is C34H44O11. The summed E-state index contributed by atoms with van der Waals surface area (Å²) in [5.41, 5.74) is -6.41. The maximum atomic E-state index is 15.0. The smallest absolute Gasteiger partial charge is 0.338 e. The molecular weight excluding hydrogens is 584 g/mol. The predicted molar refractivity (Wildman–Crippen MR) is 157 cm³/mol. The van der Waals surface area contributed by atoms with Gasteiger partial charge in [-0.15, -0.1) is 0 Å². The number of aliphatic hydroxyl groups excluding tert-OH is 1. The Morgan fingerprint density at radius 2 is 1.62 bits per heavy atom. The van der Waals surface area contributed by atoms with E-state index in [1.54, 1.807) is 44.2 Å². The zero-order valence-corrected chi connectivity index (χ0v) is 26.9. The fourth-order valence-electron chi connectivity index (χ4n) is 9.33. The van der Waals surface area contributed by atoms with Gasteiger partial charge in [0.05, 0.1) is 23.0 Å². The highest BCUT2D eigenvalue weighted by Crippen LogP contribution is 2.75. The summed E-state index contributed by atoms with van der Waals surface area (Å²) in [6.07, 6.45) is -3.92. The van der Waals surface area contributed by atoms with Crippen LogP contribution in [0.4, 0.5) is 0 Å². The van der Waals surface area contributed by atoms with Crippen LogP contribution >= 0.6 is 0 Å². The molecule has 4 aliphatic carbocycles. The number of ketones is 1. The van der Waals surface area contributed by atoms with Gasteiger partial charge in [-0.05, 0) is 48.6 Å². The molecule has 0 heterocycles. The molecule has 4 saturated carbocycles. The molecule has 0 aromatic heterocycles. The van der Waals surface area contributed by atoms with Crippen LogP contribution in [-0.2, 0) is 38.1 Å².